The number of hydrogen-bond acceptors (Lipinski definition) is 2. The van der Waals surface area contributed by atoms with E-state index in [0.29, 0.717) is 12.6 Å². The lowest BCUT2D eigenvalue weighted by Gasteiger charge is -2.08. The van der Waals surface area contributed by atoms with Crippen LogP contribution in [0.5, 0.6) is 0 Å². The van der Waals surface area contributed by atoms with Crippen molar-refractivity contribution in [1.82, 2.24) is 0 Å². The third kappa shape index (κ3) is 2.92. The highest BCUT2D eigenvalue weighted by Crippen LogP contribution is 2.19. The molecule has 16 heavy (non-hydrogen) atoms. The van der Waals surface area contributed by atoms with Gasteiger partial charge in [-0.2, -0.15) is 0 Å². The van der Waals surface area contributed by atoms with Crippen molar-refractivity contribution in [3.63, 3.8) is 0 Å². The molecule has 0 saturated carbocycles. The summed E-state index contributed by atoms with van der Waals surface area (Å²) >= 11 is 0. The second-order valence-electron chi connectivity index (χ2n) is 3.46. The molecular weight excluding hydrogens is 214 g/mol. The number of halogens is 2. The van der Waals surface area contributed by atoms with Crippen molar-refractivity contribution in [2.45, 2.75) is 19.8 Å². The summed E-state index contributed by atoms with van der Waals surface area (Å²) in [5.41, 5.74) is 4.75. The summed E-state index contributed by atoms with van der Waals surface area (Å²) in [5.74, 6) is -2.57. The molecule has 1 aromatic carbocycles. The summed E-state index contributed by atoms with van der Waals surface area (Å²) in [4.78, 5) is 10.8. The van der Waals surface area contributed by atoms with Crippen molar-refractivity contribution in [2.75, 3.05) is 11.9 Å². The molecule has 5 heteroatoms. The number of unbranched alkanes of at least 4 members (excludes halogenated alkanes) is 1. The molecule has 0 aliphatic rings. The maximum atomic E-state index is 13.3. The fourth-order valence-electron chi connectivity index (χ4n) is 1.27. The van der Waals surface area contributed by atoms with Gasteiger partial charge in [-0.1, -0.05) is 13.3 Å². The lowest BCUT2D eigenvalue weighted by atomic mass is 10.1. The molecule has 0 unspecified atom stereocenters. The van der Waals surface area contributed by atoms with E-state index in [1.165, 1.54) is 0 Å². The Balaban J connectivity index is 2.91. The summed E-state index contributed by atoms with van der Waals surface area (Å²) < 4.78 is 26.4. The number of nitrogens with two attached hydrogens (primary N) is 1. The van der Waals surface area contributed by atoms with Crippen molar-refractivity contribution >= 4 is 11.6 Å². The Morgan fingerprint density at radius 2 is 2.06 bits per heavy atom. The van der Waals surface area contributed by atoms with Crippen LogP contribution < -0.4 is 11.1 Å². The van der Waals surface area contributed by atoms with Crippen LogP contribution in [0.15, 0.2) is 12.1 Å². The minimum absolute atomic E-state index is 0.101. The summed E-state index contributed by atoms with van der Waals surface area (Å²) in [7, 11) is 0. The fourth-order valence-corrected chi connectivity index (χ4v) is 1.27. The molecular formula is C11H14F2N2O. The van der Waals surface area contributed by atoms with Gasteiger partial charge in [-0.05, 0) is 12.5 Å². The monoisotopic (exact) mass is 228 g/mol. The van der Waals surface area contributed by atoms with Gasteiger partial charge in [-0.3, -0.25) is 4.79 Å². The highest BCUT2D eigenvalue weighted by Gasteiger charge is 2.13. The van der Waals surface area contributed by atoms with Crippen molar-refractivity contribution in [2.24, 2.45) is 5.73 Å². The van der Waals surface area contributed by atoms with Crippen LogP contribution in [-0.4, -0.2) is 12.5 Å². The zero-order valence-corrected chi connectivity index (χ0v) is 9.02. The van der Waals surface area contributed by atoms with Crippen LogP contribution in [0.2, 0.25) is 0 Å². The SMILES string of the molecule is CCCCNc1cc(C(N)=O)c(F)cc1F. The van der Waals surface area contributed by atoms with Gasteiger partial charge in [-0.15, -0.1) is 0 Å². The molecule has 3 nitrogen and oxygen atoms in total. The minimum Gasteiger partial charge on any atom is -0.383 e. The molecule has 3 N–H and O–H groups in total. The van der Waals surface area contributed by atoms with E-state index in [-0.39, 0.29) is 11.3 Å². The average molecular weight is 228 g/mol. The van der Waals surface area contributed by atoms with Gasteiger partial charge < -0.3 is 11.1 Å². The van der Waals surface area contributed by atoms with Gasteiger partial charge in [0.15, 0.2) is 0 Å². The molecule has 0 spiro atoms. The first-order chi connectivity index (χ1) is 7.56. The number of carbonyl (C=O) groups is 1. The number of primary amides is 1. The van der Waals surface area contributed by atoms with E-state index in [2.05, 4.69) is 5.32 Å². The van der Waals surface area contributed by atoms with Crippen molar-refractivity contribution in [3.05, 3.63) is 29.3 Å². The molecule has 1 aromatic rings. The van der Waals surface area contributed by atoms with E-state index in [0.717, 1.165) is 18.9 Å². The van der Waals surface area contributed by atoms with E-state index in [1.807, 2.05) is 6.92 Å². The molecule has 0 radical (unpaired) electrons. The number of carbonyl (C=O) groups excluding carboxylic acids is 1. The van der Waals surface area contributed by atoms with Crippen molar-refractivity contribution < 1.29 is 13.6 Å². The van der Waals surface area contributed by atoms with E-state index in [1.54, 1.807) is 0 Å². The van der Waals surface area contributed by atoms with Crippen LogP contribution in [0.25, 0.3) is 0 Å². The highest BCUT2D eigenvalue weighted by molar-refractivity contribution is 5.94. The Morgan fingerprint density at radius 1 is 1.38 bits per heavy atom. The summed E-state index contributed by atoms with van der Waals surface area (Å²) in [6.45, 7) is 2.56. The number of rotatable bonds is 5. The normalized spacial score (nSPS) is 10.2. The molecule has 0 heterocycles. The Bertz CT molecular complexity index is 394. The quantitative estimate of drug-likeness (QED) is 0.759. The molecule has 1 rings (SSSR count). The van der Waals surface area contributed by atoms with Gasteiger partial charge in [0.2, 0.25) is 0 Å². The van der Waals surface area contributed by atoms with Gasteiger partial charge >= 0.3 is 0 Å². The Kier molecular flexibility index (Phi) is 4.22. The van der Waals surface area contributed by atoms with Gasteiger partial charge in [0.25, 0.3) is 5.91 Å². The van der Waals surface area contributed by atoms with Gasteiger partial charge in [0.05, 0.1) is 11.3 Å². The van der Waals surface area contributed by atoms with Gasteiger partial charge in [0, 0.05) is 12.6 Å². The van der Waals surface area contributed by atoms with Crippen LogP contribution in [0, 0.1) is 11.6 Å². The Labute approximate surface area is 92.6 Å². The first kappa shape index (κ1) is 12.4. The molecule has 0 fully saturated rings. The Hall–Kier alpha value is -1.65. The molecule has 0 bridgehead atoms. The summed E-state index contributed by atoms with van der Waals surface area (Å²) in [6.07, 6.45) is 1.82. The molecule has 1 amide bonds. The number of amides is 1. The largest absolute Gasteiger partial charge is 0.383 e. The molecule has 0 aliphatic heterocycles. The minimum atomic E-state index is -0.939. The Morgan fingerprint density at radius 3 is 2.62 bits per heavy atom. The second kappa shape index (κ2) is 5.44. The molecule has 0 atom stereocenters. The molecule has 0 aliphatic carbocycles. The zero-order valence-electron chi connectivity index (χ0n) is 9.02. The van der Waals surface area contributed by atoms with Crippen LogP contribution in [0.4, 0.5) is 14.5 Å². The average Bonchev–Trinajstić information content (AvgIpc) is 2.21. The summed E-state index contributed by atoms with van der Waals surface area (Å²) in [5, 5.41) is 2.79. The van der Waals surface area contributed by atoms with Gasteiger partial charge in [0.1, 0.15) is 11.6 Å². The van der Waals surface area contributed by atoms with E-state index < -0.39 is 17.5 Å². The lowest BCUT2D eigenvalue weighted by Crippen LogP contribution is -2.14. The zero-order chi connectivity index (χ0) is 12.1. The predicted molar refractivity (Wildman–Crippen MR) is 58.3 cm³/mol. The van der Waals surface area contributed by atoms with Crippen LogP contribution in [0.3, 0.4) is 0 Å². The lowest BCUT2D eigenvalue weighted by molar-refractivity contribution is 0.0996. The third-order valence-electron chi connectivity index (χ3n) is 2.17. The van der Waals surface area contributed by atoms with E-state index >= 15 is 0 Å². The van der Waals surface area contributed by atoms with Gasteiger partial charge in [-0.25, -0.2) is 8.78 Å². The molecule has 0 aromatic heterocycles. The highest BCUT2D eigenvalue weighted by atomic mass is 19.1. The predicted octanol–water partition coefficient (Wildman–Crippen LogP) is 2.28. The maximum Gasteiger partial charge on any atom is 0.251 e. The third-order valence-corrected chi connectivity index (χ3v) is 2.17. The molecule has 88 valence electrons. The number of nitrogens with one attached hydrogen (secondary N) is 1. The summed E-state index contributed by atoms with van der Waals surface area (Å²) in [6, 6.07) is 1.76. The maximum absolute atomic E-state index is 13.3. The van der Waals surface area contributed by atoms with Crippen LogP contribution in [0.1, 0.15) is 30.1 Å². The van der Waals surface area contributed by atoms with Crippen LogP contribution in [-0.2, 0) is 0 Å². The smallest absolute Gasteiger partial charge is 0.251 e. The number of anilines is 1. The first-order valence-electron chi connectivity index (χ1n) is 5.09. The van der Waals surface area contributed by atoms with E-state index in [9.17, 15) is 13.6 Å². The van der Waals surface area contributed by atoms with E-state index in [4.69, 9.17) is 5.73 Å². The topological polar surface area (TPSA) is 55.1 Å². The van der Waals surface area contributed by atoms with Crippen molar-refractivity contribution in [3.8, 4) is 0 Å². The fraction of sp³-hybridized carbons (Fsp3) is 0.364. The first-order valence-corrected chi connectivity index (χ1v) is 5.09. The van der Waals surface area contributed by atoms with Crippen molar-refractivity contribution in [1.29, 1.82) is 0 Å². The number of hydrogen-bond donors (Lipinski definition) is 2. The second-order valence-corrected chi connectivity index (χ2v) is 3.46. The number of benzene rings is 1. The molecule has 0 saturated heterocycles. The van der Waals surface area contributed by atoms with Crippen LogP contribution >= 0.6 is 0 Å². The standard InChI is InChI=1S/C11H14F2N2O/c1-2-3-4-15-10-5-7(11(14)16)8(12)6-9(10)13/h5-6,15H,2-4H2,1H3,(H2,14,16).